The van der Waals surface area contributed by atoms with Crippen molar-refractivity contribution < 1.29 is 0 Å². The van der Waals surface area contributed by atoms with Gasteiger partial charge in [-0.3, -0.25) is 4.90 Å². The van der Waals surface area contributed by atoms with Crippen molar-refractivity contribution in [1.29, 1.82) is 0 Å². The van der Waals surface area contributed by atoms with Gasteiger partial charge in [0.1, 0.15) is 18.0 Å². The molecule has 1 N–H and O–H groups in total. The van der Waals surface area contributed by atoms with Gasteiger partial charge in [0.2, 0.25) is 0 Å². The molecule has 9 heteroatoms. The lowest BCUT2D eigenvalue weighted by atomic mass is 10.2. The Morgan fingerprint density at radius 3 is 3.08 bits per heavy atom. The highest BCUT2D eigenvalue weighted by Gasteiger charge is 2.25. The van der Waals surface area contributed by atoms with Gasteiger partial charge in [-0.1, -0.05) is 0 Å². The summed E-state index contributed by atoms with van der Waals surface area (Å²) < 4.78 is 1.72. The van der Waals surface area contributed by atoms with Gasteiger partial charge in [-0.15, -0.1) is 15.3 Å². The highest BCUT2D eigenvalue weighted by Crippen LogP contribution is 2.19. The Morgan fingerprint density at radius 2 is 2.19 bits per heavy atom. The fraction of sp³-hybridized carbons (Fsp3) is 0.353. The van der Waals surface area contributed by atoms with E-state index < -0.39 is 0 Å². The third-order valence-electron chi connectivity index (χ3n) is 4.83. The fourth-order valence-electron chi connectivity index (χ4n) is 3.57. The molecule has 0 aliphatic carbocycles. The molecule has 0 saturated carbocycles. The zero-order valence-electron chi connectivity index (χ0n) is 14.4. The van der Waals surface area contributed by atoms with E-state index in [1.807, 2.05) is 24.3 Å². The number of piperazine rings is 1. The molecule has 5 heterocycles. The quantitative estimate of drug-likeness (QED) is 0.592. The van der Waals surface area contributed by atoms with Gasteiger partial charge < -0.3 is 9.88 Å². The molecule has 1 saturated heterocycles. The number of nitrogens with zero attached hydrogens (tertiary/aromatic N) is 8. The monoisotopic (exact) mass is 349 g/mol. The van der Waals surface area contributed by atoms with Crippen LogP contribution >= 0.6 is 0 Å². The molecule has 1 aliphatic rings. The van der Waals surface area contributed by atoms with E-state index in [4.69, 9.17) is 0 Å². The topological polar surface area (TPSA) is 91.1 Å². The predicted octanol–water partition coefficient (Wildman–Crippen LogP) is 1.11. The van der Waals surface area contributed by atoms with Crippen LogP contribution in [0.5, 0.6) is 0 Å². The Balaban J connectivity index is 1.30. The van der Waals surface area contributed by atoms with Crippen LogP contribution in [0.3, 0.4) is 0 Å². The molecule has 0 spiro atoms. The summed E-state index contributed by atoms with van der Waals surface area (Å²) in [5.41, 5.74) is 2.53. The minimum atomic E-state index is 0.354. The van der Waals surface area contributed by atoms with E-state index in [0.717, 1.165) is 54.6 Å². The first-order valence-electron chi connectivity index (χ1n) is 8.72. The van der Waals surface area contributed by atoms with Crippen LogP contribution in [-0.4, -0.2) is 65.3 Å². The molecular formula is C17H19N9. The second-order valence-electron chi connectivity index (χ2n) is 6.66. The van der Waals surface area contributed by atoms with Crippen LogP contribution in [0.25, 0.3) is 16.8 Å². The van der Waals surface area contributed by atoms with Gasteiger partial charge in [-0.25, -0.2) is 9.97 Å². The van der Waals surface area contributed by atoms with E-state index in [1.54, 1.807) is 17.0 Å². The molecule has 1 fully saturated rings. The smallest absolute Gasteiger partial charge is 0.177 e. The Kier molecular flexibility index (Phi) is 3.52. The van der Waals surface area contributed by atoms with Gasteiger partial charge in [0.25, 0.3) is 0 Å². The normalized spacial score (nSPS) is 18.8. The van der Waals surface area contributed by atoms with E-state index in [2.05, 4.69) is 47.0 Å². The summed E-state index contributed by atoms with van der Waals surface area (Å²) in [5.74, 6) is 1.92. The summed E-state index contributed by atoms with van der Waals surface area (Å²) in [6, 6.07) is 8.25. The summed E-state index contributed by atoms with van der Waals surface area (Å²) in [6.07, 6.45) is 3.41. The first-order chi connectivity index (χ1) is 12.8. The number of nitrogens with one attached hydrogen (secondary N) is 1. The molecule has 0 amide bonds. The number of aromatic amines is 1. The molecule has 132 valence electrons. The molecule has 1 aliphatic heterocycles. The molecular weight excluding hydrogens is 330 g/mol. The Hall–Kier alpha value is -3.07. The van der Waals surface area contributed by atoms with Crippen LogP contribution in [0.15, 0.2) is 36.8 Å². The lowest BCUT2D eigenvalue weighted by molar-refractivity contribution is 0.216. The van der Waals surface area contributed by atoms with Crippen molar-refractivity contribution in [2.75, 3.05) is 24.5 Å². The van der Waals surface area contributed by atoms with Crippen molar-refractivity contribution >= 4 is 22.6 Å². The molecule has 26 heavy (non-hydrogen) atoms. The van der Waals surface area contributed by atoms with Crippen molar-refractivity contribution in [2.24, 2.45) is 0 Å². The van der Waals surface area contributed by atoms with Crippen LogP contribution in [0.4, 0.5) is 5.82 Å². The molecule has 4 aromatic rings. The molecule has 0 aromatic carbocycles. The Labute approximate surface area is 149 Å². The van der Waals surface area contributed by atoms with Crippen LogP contribution in [0.1, 0.15) is 12.7 Å². The maximum atomic E-state index is 4.62. The third kappa shape index (κ3) is 2.66. The number of imidazole rings is 1. The van der Waals surface area contributed by atoms with Crippen LogP contribution < -0.4 is 4.90 Å². The molecule has 1 atom stereocenters. The summed E-state index contributed by atoms with van der Waals surface area (Å²) >= 11 is 0. The first kappa shape index (κ1) is 15.2. The molecule has 4 aromatic heterocycles. The predicted molar refractivity (Wildman–Crippen MR) is 96.8 cm³/mol. The van der Waals surface area contributed by atoms with Crippen molar-refractivity contribution in [1.82, 2.24) is 39.7 Å². The van der Waals surface area contributed by atoms with Gasteiger partial charge in [-0.05, 0) is 31.2 Å². The largest absolute Gasteiger partial charge is 0.350 e. The van der Waals surface area contributed by atoms with Gasteiger partial charge in [0.05, 0.1) is 12.1 Å². The molecule has 5 rings (SSSR count). The number of aromatic nitrogens is 7. The minimum absolute atomic E-state index is 0.354. The van der Waals surface area contributed by atoms with Crippen LogP contribution in [-0.2, 0) is 6.54 Å². The van der Waals surface area contributed by atoms with E-state index in [-0.39, 0.29) is 0 Å². The highest BCUT2D eigenvalue weighted by atomic mass is 15.4. The average molecular weight is 349 g/mol. The Morgan fingerprint density at radius 1 is 1.23 bits per heavy atom. The molecule has 1 unspecified atom stereocenters. The minimum Gasteiger partial charge on any atom is -0.350 e. The number of rotatable bonds is 3. The van der Waals surface area contributed by atoms with Gasteiger partial charge >= 0.3 is 0 Å². The summed E-state index contributed by atoms with van der Waals surface area (Å²) in [7, 11) is 0. The number of pyridine rings is 1. The third-order valence-corrected chi connectivity index (χ3v) is 4.83. The van der Waals surface area contributed by atoms with E-state index in [1.165, 1.54) is 0 Å². The second kappa shape index (κ2) is 6.03. The van der Waals surface area contributed by atoms with Crippen molar-refractivity contribution in [3.05, 3.63) is 42.6 Å². The number of hydrogen-bond donors (Lipinski definition) is 1. The summed E-state index contributed by atoms with van der Waals surface area (Å²) in [6.45, 7) is 5.85. The number of fused-ring (bicyclic) bond motifs is 2. The number of hydrogen-bond acceptors (Lipinski definition) is 7. The van der Waals surface area contributed by atoms with Crippen LogP contribution in [0.2, 0.25) is 0 Å². The maximum Gasteiger partial charge on any atom is 0.177 e. The Bertz CT molecular complexity index is 1020. The zero-order valence-corrected chi connectivity index (χ0v) is 14.4. The summed E-state index contributed by atoms with van der Waals surface area (Å²) in [5, 5.41) is 12.5. The zero-order chi connectivity index (χ0) is 17.5. The molecule has 0 radical (unpaired) electrons. The fourth-order valence-corrected chi connectivity index (χ4v) is 3.57. The van der Waals surface area contributed by atoms with Crippen molar-refractivity contribution in [3.63, 3.8) is 0 Å². The van der Waals surface area contributed by atoms with Crippen molar-refractivity contribution in [2.45, 2.75) is 19.5 Å². The summed E-state index contributed by atoms with van der Waals surface area (Å²) in [4.78, 5) is 17.0. The SMILES string of the molecule is CC1CN(Cc2nc3ncccc3[nH]2)CCN1c1ccc2nncn2n1. The van der Waals surface area contributed by atoms with E-state index in [9.17, 15) is 0 Å². The highest BCUT2D eigenvalue weighted by molar-refractivity contribution is 5.69. The lowest BCUT2D eigenvalue weighted by Crippen LogP contribution is -2.52. The number of anilines is 1. The number of H-pyrrole nitrogens is 1. The first-order valence-corrected chi connectivity index (χ1v) is 8.72. The lowest BCUT2D eigenvalue weighted by Gasteiger charge is -2.40. The standard InChI is InChI=1S/C17H19N9/c1-12-9-24(10-14-20-13-3-2-6-18-17(13)21-14)7-8-25(12)16-5-4-15-22-19-11-26(15)23-16/h2-6,11-12H,7-10H2,1H3,(H,18,20,21). The van der Waals surface area contributed by atoms with Crippen LogP contribution in [0, 0.1) is 0 Å². The van der Waals surface area contributed by atoms with Crippen molar-refractivity contribution in [3.8, 4) is 0 Å². The van der Waals surface area contributed by atoms with Gasteiger partial charge in [-0.2, -0.15) is 4.52 Å². The van der Waals surface area contributed by atoms with E-state index in [0.29, 0.717) is 6.04 Å². The average Bonchev–Trinajstić information content (AvgIpc) is 3.27. The molecule has 9 nitrogen and oxygen atoms in total. The maximum absolute atomic E-state index is 4.62. The van der Waals surface area contributed by atoms with Gasteiger partial charge in [0.15, 0.2) is 11.3 Å². The second-order valence-corrected chi connectivity index (χ2v) is 6.66. The molecule has 0 bridgehead atoms. The van der Waals surface area contributed by atoms with E-state index >= 15 is 0 Å². The van der Waals surface area contributed by atoms with Gasteiger partial charge in [0, 0.05) is 31.9 Å².